The Balaban J connectivity index is 2.25. The molecule has 0 bridgehead atoms. The molecular formula is C13H18N2OS2. The Bertz CT molecular complexity index is 384. The zero-order valence-electron chi connectivity index (χ0n) is 10.5. The summed E-state index contributed by atoms with van der Waals surface area (Å²) >= 11 is 3.33. The first kappa shape index (κ1) is 15.1. The first-order valence-electron chi connectivity index (χ1n) is 6.06. The highest BCUT2D eigenvalue weighted by atomic mass is 32.2. The van der Waals surface area contributed by atoms with E-state index in [9.17, 15) is 4.79 Å². The van der Waals surface area contributed by atoms with Gasteiger partial charge in [0, 0.05) is 12.2 Å². The van der Waals surface area contributed by atoms with E-state index in [2.05, 4.69) is 18.3 Å². The summed E-state index contributed by atoms with van der Waals surface area (Å²) in [7, 11) is 0. The molecule has 3 nitrogen and oxygen atoms in total. The number of carbonyl (C=O) groups is 1. The van der Waals surface area contributed by atoms with E-state index in [0.717, 1.165) is 17.1 Å². The number of nitriles is 1. The van der Waals surface area contributed by atoms with Crippen molar-refractivity contribution in [3.05, 3.63) is 22.4 Å². The van der Waals surface area contributed by atoms with Crippen LogP contribution >= 0.6 is 23.1 Å². The summed E-state index contributed by atoms with van der Waals surface area (Å²) in [4.78, 5) is 11.7. The molecule has 0 aliphatic carbocycles. The Morgan fingerprint density at radius 2 is 2.44 bits per heavy atom. The van der Waals surface area contributed by atoms with Gasteiger partial charge in [0.15, 0.2) is 0 Å². The molecule has 1 heterocycles. The molecule has 0 spiro atoms. The molecule has 0 fully saturated rings. The van der Waals surface area contributed by atoms with Crippen LogP contribution in [0.15, 0.2) is 16.8 Å². The van der Waals surface area contributed by atoms with Gasteiger partial charge in [-0.25, -0.2) is 0 Å². The highest BCUT2D eigenvalue weighted by molar-refractivity contribution is 7.99. The number of hydrogen-bond donors (Lipinski definition) is 1. The standard InChI is InChI=1S/C13H18N2OS2/c1-2-3-6-17-8-5-13(16)15-12(9-14)11-4-7-18-10-11/h4,7,10,12H,2-3,5-6,8H2,1H3,(H,15,16)/t12-/m0/s1. The molecule has 0 saturated heterocycles. The van der Waals surface area contributed by atoms with E-state index in [-0.39, 0.29) is 5.91 Å². The van der Waals surface area contributed by atoms with E-state index in [0.29, 0.717) is 6.42 Å². The largest absolute Gasteiger partial charge is 0.337 e. The van der Waals surface area contributed by atoms with Gasteiger partial charge < -0.3 is 5.32 Å². The number of thiophene rings is 1. The summed E-state index contributed by atoms with van der Waals surface area (Å²) < 4.78 is 0. The average molecular weight is 282 g/mol. The highest BCUT2D eigenvalue weighted by Gasteiger charge is 2.13. The summed E-state index contributed by atoms with van der Waals surface area (Å²) in [5.41, 5.74) is 0.870. The van der Waals surface area contributed by atoms with Gasteiger partial charge >= 0.3 is 0 Å². The molecule has 0 saturated carbocycles. The maximum atomic E-state index is 11.7. The number of unbranched alkanes of at least 4 members (excludes halogenated alkanes) is 1. The molecule has 1 aromatic rings. The van der Waals surface area contributed by atoms with E-state index in [1.165, 1.54) is 24.2 Å². The zero-order valence-corrected chi connectivity index (χ0v) is 12.1. The van der Waals surface area contributed by atoms with Gasteiger partial charge in [0.1, 0.15) is 6.04 Å². The Hall–Kier alpha value is -0.990. The number of rotatable bonds is 8. The predicted octanol–water partition coefficient (Wildman–Crippen LogP) is 3.35. The predicted molar refractivity (Wildman–Crippen MR) is 77.7 cm³/mol. The Kier molecular flexibility index (Phi) is 7.54. The second-order valence-corrected chi connectivity index (χ2v) is 5.91. The van der Waals surface area contributed by atoms with Crippen LogP contribution in [0.4, 0.5) is 0 Å². The number of hydrogen-bond acceptors (Lipinski definition) is 4. The number of carbonyl (C=O) groups excluding carboxylic acids is 1. The minimum atomic E-state index is -0.510. The van der Waals surface area contributed by atoms with Gasteiger partial charge in [-0.3, -0.25) is 4.79 Å². The Morgan fingerprint density at radius 1 is 1.61 bits per heavy atom. The van der Waals surface area contributed by atoms with Crippen molar-refractivity contribution in [2.24, 2.45) is 0 Å². The lowest BCUT2D eigenvalue weighted by atomic mass is 10.2. The van der Waals surface area contributed by atoms with Crippen LogP contribution < -0.4 is 5.32 Å². The number of nitrogens with one attached hydrogen (secondary N) is 1. The molecule has 98 valence electrons. The molecule has 1 aromatic heterocycles. The smallest absolute Gasteiger partial charge is 0.222 e. The van der Waals surface area contributed by atoms with Crippen LogP contribution in [-0.2, 0) is 4.79 Å². The fraction of sp³-hybridized carbons (Fsp3) is 0.538. The SMILES string of the molecule is CCCCSCCC(=O)N[C@@H](C#N)c1ccsc1. The zero-order chi connectivity index (χ0) is 13.2. The fourth-order valence-electron chi connectivity index (χ4n) is 1.38. The van der Waals surface area contributed by atoms with Gasteiger partial charge in [-0.1, -0.05) is 13.3 Å². The molecule has 0 unspecified atom stereocenters. The highest BCUT2D eigenvalue weighted by Crippen LogP contribution is 2.16. The first-order chi connectivity index (χ1) is 8.77. The minimum Gasteiger partial charge on any atom is -0.337 e. The van der Waals surface area contributed by atoms with E-state index < -0.39 is 6.04 Å². The van der Waals surface area contributed by atoms with Crippen molar-refractivity contribution in [3.8, 4) is 6.07 Å². The lowest BCUT2D eigenvalue weighted by molar-refractivity contribution is -0.121. The average Bonchev–Trinajstić information content (AvgIpc) is 2.89. The van der Waals surface area contributed by atoms with Crippen molar-refractivity contribution in [3.63, 3.8) is 0 Å². The van der Waals surface area contributed by atoms with Crippen LogP contribution in [0.3, 0.4) is 0 Å². The van der Waals surface area contributed by atoms with Crippen molar-refractivity contribution >= 4 is 29.0 Å². The van der Waals surface area contributed by atoms with Gasteiger partial charge in [0.05, 0.1) is 6.07 Å². The summed E-state index contributed by atoms with van der Waals surface area (Å²) in [5, 5.41) is 15.6. The van der Waals surface area contributed by atoms with Gasteiger partial charge in [-0.2, -0.15) is 28.4 Å². The van der Waals surface area contributed by atoms with Crippen LogP contribution in [-0.4, -0.2) is 17.4 Å². The normalized spacial score (nSPS) is 11.8. The molecule has 0 aliphatic heterocycles. The topological polar surface area (TPSA) is 52.9 Å². The molecule has 0 aliphatic rings. The van der Waals surface area contributed by atoms with Crippen LogP contribution in [0, 0.1) is 11.3 Å². The molecule has 1 amide bonds. The van der Waals surface area contributed by atoms with E-state index in [4.69, 9.17) is 5.26 Å². The first-order valence-corrected chi connectivity index (χ1v) is 8.16. The van der Waals surface area contributed by atoms with E-state index in [1.807, 2.05) is 16.8 Å². The molecule has 18 heavy (non-hydrogen) atoms. The molecule has 0 aromatic carbocycles. The third kappa shape index (κ3) is 5.56. The van der Waals surface area contributed by atoms with Crippen molar-refractivity contribution in [2.75, 3.05) is 11.5 Å². The summed E-state index contributed by atoms with van der Waals surface area (Å²) in [6.45, 7) is 2.16. The second kappa shape index (κ2) is 9.01. The van der Waals surface area contributed by atoms with Crippen molar-refractivity contribution in [1.82, 2.24) is 5.32 Å². The van der Waals surface area contributed by atoms with E-state index in [1.54, 1.807) is 11.8 Å². The second-order valence-electron chi connectivity index (χ2n) is 3.90. The summed E-state index contributed by atoms with van der Waals surface area (Å²) in [5.74, 6) is 1.89. The molecular weight excluding hydrogens is 264 g/mol. The monoisotopic (exact) mass is 282 g/mol. The third-order valence-electron chi connectivity index (χ3n) is 2.43. The molecule has 1 atom stereocenters. The number of amides is 1. The van der Waals surface area contributed by atoms with Crippen LogP contribution in [0.5, 0.6) is 0 Å². The lowest BCUT2D eigenvalue weighted by Crippen LogP contribution is -2.27. The maximum absolute atomic E-state index is 11.7. The molecule has 1 rings (SSSR count). The molecule has 5 heteroatoms. The van der Waals surface area contributed by atoms with Crippen LogP contribution in [0.2, 0.25) is 0 Å². The van der Waals surface area contributed by atoms with Crippen molar-refractivity contribution in [1.29, 1.82) is 5.26 Å². The van der Waals surface area contributed by atoms with Crippen molar-refractivity contribution < 1.29 is 4.79 Å². The summed E-state index contributed by atoms with van der Waals surface area (Å²) in [6, 6.07) is 3.47. The Morgan fingerprint density at radius 3 is 3.06 bits per heavy atom. The quantitative estimate of drug-likeness (QED) is 0.744. The van der Waals surface area contributed by atoms with Crippen molar-refractivity contribution in [2.45, 2.75) is 32.2 Å². The van der Waals surface area contributed by atoms with Crippen LogP contribution in [0.25, 0.3) is 0 Å². The molecule has 1 N–H and O–H groups in total. The van der Waals surface area contributed by atoms with Gasteiger partial charge in [0.2, 0.25) is 5.91 Å². The van der Waals surface area contributed by atoms with Gasteiger partial charge in [0.25, 0.3) is 0 Å². The Labute approximate surface area is 117 Å². The molecule has 0 radical (unpaired) electrons. The third-order valence-corrected chi connectivity index (χ3v) is 4.20. The maximum Gasteiger partial charge on any atom is 0.222 e. The minimum absolute atomic E-state index is 0.0447. The fourth-order valence-corrected chi connectivity index (χ4v) is 3.09. The van der Waals surface area contributed by atoms with Crippen LogP contribution in [0.1, 0.15) is 37.8 Å². The van der Waals surface area contributed by atoms with Gasteiger partial charge in [-0.15, -0.1) is 0 Å². The van der Waals surface area contributed by atoms with Gasteiger partial charge in [-0.05, 0) is 34.6 Å². The number of nitrogens with zero attached hydrogens (tertiary/aromatic N) is 1. The van der Waals surface area contributed by atoms with E-state index >= 15 is 0 Å². The number of thioether (sulfide) groups is 1. The summed E-state index contributed by atoms with van der Waals surface area (Å²) in [6.07, 6.45) is 2.87. The lowest BCUT2D eigenvalue weighted by Gasteiger charge is -2.09.